The summed E-state index contributed by atoms with van der Waals surface area (Å²) in [5, 5.41) is 10.1. The lowest BCUT2D eigenvalue weighted by atomic mass is 10.3. The van der Waals surface area contributed by atoms with Crippen molar-refractivity contribution in [2.45, 2.75) is 16.8 Å². The zero-order valence-electron chi connectivity index (χ0n) is 8.34. The maximum atomic E-state index is 9.14. The van der Waals surface area contributed by atoms with Crippen LogP contribution in [-0.4, -0.2) is 10.1 Å². The van der Waals surface area contributed by atoms with Crippen LogP contribution in [0, 0.1) is 6.92 Å². The van der Waals surface area contributed by atoms with Crippen LogP contribution in [0.15, 0.2) is 52.4 Å². The highest BCUT2D eigenvalue weighted by atomic mass is 32.2. The topological polar surface area (TPSA) is 33.1 Å². The number of aryl methyl sites for hydroxylation is 1. The Kier molecular flexibility index (Phi) is 2.92. The van der Waals surface area contributed by atoms with E-state index in [2.05, 4.69) is 4.98 Å². The van der Waals surface area contributed by atoms with Gasteiger partial charge in [0, 0.05) is 10.6 Å². The second-order valence-electron chi connectivity index (χ2n) is 3.21. The maximum Gasteiger partial charge on any atom is 0.115 e. The highest BCUT2D eigenvalue weighted by molar-refractivity contribution is 7.99. The van der Waals surface area contributed by atoms with Crippen molar-refractivity contribution in [3.8, 4) is 5.75 Å². The molecule has 2 nitrogen and oxygen atoms in total. The molecule has 76 valence electrons. The SMILES string of the molecule is Cc1cccc(Sc2ccc(O)cc2)n1. The van der Waals surface area contributed by atoms with E-state index in [4.69, 9.17) is 5.11 Å². The predicted octanol–water partition coefficient (Wildman–Crippen LogP) is 3.25. The zero-order valence-corrected chi connectivity index (χ0v) is 9.16. The van der Waals surface area contributed by atoms with Crippen LogP contribution in [0.5, 0.6) is 5.75 Å². The van der Waals surface area contributed by atoms with Gasteiger partial charge in [0.15, 0.2) is 0 Å². The molecule has 1 aromatic heterocycles. The van der Waals surface area contributed by atoms with Gasteiger partial charge in [-0.3, -0.25) is 0 Å². The van der Waals surface area contributed by atoms with Gasteiger partial charge in [-0.2, -0.15) is 0 Å². The van der Waals surface area contributed by atoms with E-state index in [0.29, 0.717) is 0 Å². The minimum Gasteiger partial charge on any atom is -0.508 e. The van der Waals surface area contributed by atoms with E-state index in [-0.39, 0.29) is 5.75 Å². The van der Waals surface area contributed by atoms with Crippen molar-refractivity contribution >= 4 is 11.8 Å². The number of hydrogen-bond acceptors (Lipinski definition) is 3. The molecular weight excluding hydrogens is 206 g/mol. The van der Waals surface area contributed by atoms with Crippen LogP contribution >= 0.6 is 11.8 Å². The molecule has 0 radical (unpaired) electrons. The summed E-state index contributed by atoms with van der Waals surface area (Å²) in [5.74, 6) is 0.288. The van der Waals surface area contributed by atoms with Crippen molar-refractivity contribution in [1.29, 1.82) is 0 Å². The van der Waals surface area contributed by atoms with Crippen LogP contribution in [0.25, 0.3) is 0 Å². The molecule has 0 atom stereocenters. The Hall–Kier alpha value is -1.48. The average Bonchev–Trinajstić information content (AvgIpc) is 2.22. The number of rotatable bonds is 2. The summed E-state index contributed by atoms with van der Waals surface area (Å²) >= 11 is 1.59. The van der Waals surface area contributed by atoms with Gasteiger partial charge >= 0.3 is 0 Å². The molecular formula is C12H11NOS. The third kappa shape index (κ3) is 2.73. The summed E-state index contributed by atoms with van der Waals surface area (Å²) < 4.78 is 0. The third-order valence-electron chi connectivity index (χ3n) is 1.92. The minimum atomic E-state index is 0.288. The molecule has 15 heavy (non-hydrogen) atoms. The van der Waals surface area contributed by atoms with Gasteiger partial charge in [-0.15, -0.1) is 0 Å². The fourth-order valence-electron chi connectivity index (χ4n) is 1.21. The lowest BCUT2D eigenvalue weighted by Crippen LogP contribution is -1.82. The van der Waals surface area contributed by atoms with Gasteiger partial charge < -0.3 is 5.11 Å². The summed E-state index contributed by atoms with van der Waals surface area (Å²) in [5.41, 5.74) is 1.01. The quantitative estimate of drug-likeness (QED) is 0.838. The van der Waals surface area contributed by atoms with Crippen molar-refractivity contribution in [2.24, 2.45) is 0 Å². The molecule has 0 unspecified atom stereocenters. The average molecular weight is 217 g/mol. The van der Waals surface area contributed by atoms with E-state index in [1.807, 2.05) is 37.3 Å². The molecule has 0 fully saturated rings. The molecule has 0 spiro atoms. The van der Waals surface area contributed by atoms with Crippen molar-refractivity contribution < 1.29 is 5.11 Å². The highest BCUT2D eigenvalue weighted by Gasteiger charge is 1.98. The molecule has 2 rings (SSSR count). The molecule has 0 aliphatic heterocycles. The molecule has 3 heteroatoms. The second-order valence-corrected chi connectivity index (χ2v) is 4.31. The summed E-state index contributed by atoms with van der Waals surface area (Å²) in [6, 6.07) is 13.1. The van der Waals surface area contributed by atoms with Crippen LogP contribution < -0.4 is 0 Å². The van der Waals surface area contributed by atoms with Crippen molar-refractivity contribution in [1.82, 2.24) is 4.98 Å². The first-order chi connectivity index (χ1) is 7.24. The van der Waals surface area contributed by atoms with Crippen LogP contribution in [-0.2, 0) is 0 Å². The molecule has 1 heterocycles. The Bertz CT molecular complexity index is 453. The van der Waals surface area contributed by atoms with E-state index in [9.17, 15) is 0 Å². The fraction of sp³-hybridized carbons (Fsp3) is 0.0833. The van der Waals surface area contributed by atoms with Crippen LogP contribution in [0.1, 0.15) is 5.69 Å². The van der Waals surface area contributed by atoms with Gasteiger partial charge in [0.2, 0.25) is 0 Å². The summed E-state index contributed by atoms with van der Waals surface area (Å²) in [6.07, 6.45) is 0. The molecule has 1 aromatic carbocycles. The van der Waals surface area contributed by atoms with E-state index in [1.54, 1.807) is 23.9 Å². The first kappa shape index (κ1) is 10.1. The Labute approximate surface area is 93.0 Å². The number of hydrogen-bond donors (Lipinski definition) is 1. The number of pyridine rings is 1. The fourth-order valence-corrected chi connectivity index (χ4v) is 2.06. The predicted molar refractivity (Wildman–Crippen MR) is 61.2 cm³/mol. The Morgan fingerprint density at radius 1 is 1.07 bits per heavy atom. The van der Waals surface area contributed by atoms with Crippen LogP contribution in [0.2, 0.25) is 0 Å². The van der Waals surface area contributed by atoms with E-state index >= 15 is 0 Å². The van der Waals surface area contributed by atoms with Gasteiger partial charge in [0.25, 0.3) is 0 Å². The number of benzene rings is 1. The first-order valence-electron chi connectivity index (χ1n) is 4.64. The molecule has 1 N–H and O–H groups in total. The minimum absolute atomic E-state index is 0.288. The molecule has 0 saturated carbocycles. The largest absolute Gasteiger partial charge is 0.508 e. The third-order valence-corrected chi connectivity index (χ3v) is 2.87. The van der Waals surface area contributed by atoms with E-state index in [0.717, 1.165) is 15.6 Å². The van der Waals surface area contributed by atoms with Gasteiger partial charge in [-0.05, 0) is 43.3 Å². The summed E-state index contributed by atoms with van der Waals surface area (Å²) in [6.45, 7) is 1.97. The molecule has 0 aliphatic carbocycles. The summed E-state index contributed by atoms with van der Waals surface area (Å²) in [4.78, 5) is 5.47. The van der Waals surface area contributed by atoms with Crippen molar-refractivity contribution in [3.63, 3.8) is 0 Å². The Morgan fingerprint density at radius 3 is 2.47 bits per heavy atom. The molecule has 0 saturated heterocycles. The number of aromatic nitrogens is 1. The normalized spacial score (nSPS) is 10.2. The van der Waals surface area contributed by atoms with Gasteiger partial charge in [-0.1, -0.05) is 17.8 Å². The molecule has 0 aliphatic rings. The number of aromatic hydroxyl groups is 1. The molecule has 0 bridgehead atoms. The van der Waals surface area contributed by atoms with Gasteiger partial charge in [0.1, 0.15) is 10.8 Å². The first-order valence-corrected chi connectivity index (χ1v) is 5.46. The Morgan fingerprint density at radius 2 is 1.80 bits per heavy atom. The number of phenolic OH excluding ortho intramolecular Hbond substituents is 1. The standard InChI is InChI=1S/C12H11NOS/c1-9-3-2-4-12(13-9)15-11-7-5-10(14)6-8-11/h2-8,14H,1H3. The number of phenols is 1. The maximum absolute atomic E-state index is 9.14. The Balaban J connectivity index is 2.18. The van der Waals surface area contributed by atoms with E-state index < -0.39 is 0 Å². The van der Waals surface area contributed by atoms with Crippen LogP contribution in [0.3, 0.4) is 0 Å². The monoisotopic (exact) mass is 217 g/mol. The summed E-state index contributed by atoms with van der Waals surface area (Å²) in [7, 11) is 0. The lowest BCUT2D eigenvalue weighted by molar-refractivity contribution is 0.475. The van der Waals surface area contributed by atoms with Crippen LogP contribution in [0.4, 0.5) is 0 Å². The van der Waals surface area contributed by atoms with Gasteiger partial charge in [0.05, 0.1) is 0 Å². The second kappa shape index (κ2) is 4.36. The van der Waals surface area contributed by atoms with Crippen molar-refractivity contribution in [2.75, 3.05) is 0 Å². The number of nitrogens with zero attached hydrogens (tertiary/aromatic N) is 1. The molecule has 0 amide bonds. The lowest BCUT2D eigenvalue weighted by Gasteiger charge is -2.01. The highest BCUT2D eigenvalue weighted by Crippen LogP contribution is 2.27. The zero-order chi connectivity index (χ0) is 10.7. The van der Waals surface area contributed by atoms with E-state index in [1.165, 1.54) is 0 Å². The van der Waals surface area contributed by atoms with Crippen molar-refractivity contribution in [3.05, 3.63) is 48.2 Å². The van der Waals surface area contributed by atoms with Gasteiger partial charge in [-0.25, -0.2) is 4.98 Å². The molecule has 2 aromatic rings. The smallest absolute Gasteiger partial charge is 0.115 e.